The largest absolute Gasteiger partial charge is 0.357 e. The number of aryl methyl sites for hydroxylation is 1. The van der Waals surface area contributed by atoms with E-state index < -0.39 is 11.8 Å². The van der Waals surface area contributed by atoms with E-state index in [9.17, 15) is 14.4 Å². The SMILES string of the molecule is CCC(=O)Nc1ccc(NC(=O)C(=O)NC(C)c2ccn(C)c2)cc1. The Morgan fingerprint density at radius 2 is 1.60 bits per heavy atom. The average molecular weight is 342 g/mol. The van der Waals surface area contributed by atoms with Crippen LogP contribution in [0.25, 0.3) is 0 Å². The number of benzene rings is 1. The van der Waals surface area contributed by atoms with Crippen LogP contribution in [-0.4, -0.2) is 22.3 Å². The zero-order valence-electron chi connectivity index (χ0n) is 14.5. The quantitative estimate of drug-likeness (QED) is 0.727. The van der Waals surface area contributed by atoms with E-state index in [0.717, 1.165) is 5.56 Å². The van der Waals surface area contributed by atoms with Crippen LogP contribution >= 0.6 is 0 Å². The van der Waals surface area contributed by atoms with E-state index in [1.54, 1.807) is 31.2 Å². The van der Waals surface area contributed by atoms with Gasteiger partial charge in [-0.05, 0) is 42.8 Å². The number of anilines is 2. The van der Waals surface area contributed by atoms with Gasteiger partial charge in [0.15, 0.2) is 0 Å². The number of aromatic nitrogens is 1. The van der Waals surface area contributed by atoms with Crippen molar-refractivity contribution in [3.63, 3.8) is 0 Å². The topological polar surface area (TPSA) is 92.2 Å². The van der Waals surface area contributed by atoms with Crippen molar-refractivity contribution < 1.29 is 14.4 Å². The van der Waals surface area contributed by atoms with Gasteiger partial charge in [-0.25, -0.2) is 0 Å². The highest BCUT2D eigenvalue weighted by Gasteiger charge is 2.17. The molecule has 0 bridgehead atoms. The third kappa shape index (κ3) is 5.20. The van der Waals surface area contributed by atoms with Gasteiger partial charge in [0.05, 0.1) is 6.04 Å². The van der Waals surface area contributed by atoms with E-state index in [0.29, 0.717) is 17.8 Å². The second kappa shape index (κ2) is 8.14. The molecular weight excluding hydrogens is 320 g/mol. The number of carbonyl (C=O) groups is 3. The first kappa shape index (κ1) is 18.3. The van der Waals surface area contributed by atoms with Gasteiger partial charge in [0.25, 0.3) is 0 Å². The third-order valence-electron chi connectivity index (χ3n) is 3.66. The molecule has 3 amide bonds. The van der Waals surface area contributed by atoms with Crippen LogP contribution in [0.1, 0.15) is 31.9 Å². The molecule has 1 aromatic carbocycles. The van der Waals surface area contributed by atoms with E-state index in [1.165, 1.54) is 0 Å². The minimum Gasteiger partial charge on any atom is -0.357 e. The molecule has 0 saturated heterocycles. The van der Waals surface area contributed by atoms with Crippen LogP contribution in [0.15, 0.2) is 42.7 Å². The van der Waals surface area contributed by atoms with Crippen LogP contribution in [0.5, 0.6) is 0 Å². The molecule has 0 radical (unpaired) electrons. The molecule has 2 aromatic rings. The van der Waals surface area contributed by atoms with Crippen LogP contribution in [0.2, 0.25) is 0 Å². The Bertz CT molecular complexity index is 765. The van der Waals surface area contributed by atoms with E-state index in [2.05, 4.69) is 16.0 Å². The van der Waals surface area contributed by atoms with Crippen molar-refractivity contribution >= 4 is 29.1 Å². The predicted molar refractivity (Wildman–Crippen MR) is 96.0 cm³/mol. The Morgan fingerprint density at radius 1 is 1.00 bits per heavy atom. The van der Waals surface area contributed by atoms with Crippen molar-refractivity contribution in [2.75, 3.05) is 10.6 Å². The number of hydrogen-bond donors (Lipinski definition) is 3. The van der Waals surface area contributed by atoms with Crippen molar-refractivity contribution in [3.8, 4) is 0 Å². The van der Waals surface area contributed by atoms with Gasteiger partial charge in [-0.15, -0.1) is 0 Å². The van der Waals surface area contributed by atoms with Gasteiger partial charge in [0.2, 0.25) is 5.91 Å². The first-order valence-electron chi connectivity index (χ1n) is 8.02. The molecular formula is C18H22N4O3. The molecule has 25 heavy (non-hydrogen) atoms. The molecule has 132 valence electrons. The minimum atomic E-state index is -0.742. The molecule has 2 rings (SSSR count). The lowest BCUT2D eigenvalue weighted by Crippen LogP contribution is -2.36. The molecule has 7 heteroatoms. The Hall–Kier alpha value is -3.09. The van der Waals surface area contributed by atoms with Crippen molar-refractivity contribution in [2.24, 2.45) is 7.05 Å². The summed E-state index contributed by atoms with van der Waals surface area (Å²) in [6.07, 6.45) is 4.14. The summed E-state index contributed by atoms with van der Waals surface area (Å²) in [6, 6.07) is 8.17. The Kier molecular flexibility index (Phi) is 5.94. The van der Waals surface area contributed by atoms with Gasteiger partial charge in [-0.3, -0.25) is 14.4 Å². The summed E-state index contributed by atoms with van der Waals surface area (Å²) >= 11 is 0. The van der Waals surface area contributed by atoms with Crippen molar-refractivity contribution in [1.29, 1.82) is 0 Å². The molecule has 1 unspecified atom stereocenters. The lowest BCUT2D eigenvalue weighted by molar-refractivity contribution is -0.136. The monoisotopic (exact) mass is 342 g/mol. The summed E-state index contributed by atoms with van der Waals surface area (Å²) < 4.78 is 1.87. The predicted octanol–water partition coefficient (Wildman–Crippen LogP) is 2.19. The summed E-state index contributed by atoms with van der Waals surface area (Å²) in [4.78, 5) is 35.3. The maximum absolute atomic E-state index is 12.0. The maximum atomic E-state index is 12.0. The number of amides is 3. The molecule has 1 atom stereocenters. The Morgan fingerprint density at radius 3 is 2.12 bits per heavy atom. The van der Waals surface area contributed by atoms with E-state index >= 15 is 0 Å². The molecule has 0 aliphatic heterocycles. The summed E-state index contributed by atoms with van der Waals surface area (Å²) in [6.45, 7) is 3.57. The second-order valence-corrected chi connectivity index (χ2v) is 5.74. The molecule has 0 fully saturated rings. The highest BCUT2D eigenvalue weighted by atomic mass is 16.2. The van der Waals surface area contributed by atoms with E-state index in [-0.39, 0.29) is 11.9 Å². The zero-order chi connectivity index (χ0) is 18.4. The zero-order valence-corrected chi connectivity index (χ0v) is 14.5. The number of carbonyl (C=O) groups excluding carboxylic acids is 3. The first-order chi connectivity index (χ1) is 11.9. The van der Waals surface area contributed by atoms with Crippen LogP contribution in [0.4, 0.5) is 11.4 Å². The molecule has 7 nitrogen and oxygen atoms in total. The lowest BCUT2D eigenvalue weighted by atomic mass is 10.2. The first-order valence-corrected chi connectivity index (χ1v) is 8.02. The molecule has 0 saturated carbocycles. The van der Waals surface area contributed by atoms with Gasteiger partial charge in [0, 0.05) is 37.2 Å². The number of nitrogens with zero attached hydrogens (tertiary/aromatic N) is 1. The number of rotatable bonds is 5. The van der Waals surface area contributed by atoms with E-state index in [1.807, 2.05) is 37.0 Å². The highest BCUT2D eigenvalue weighted by molar-refractivity contribution is 6.39. The summed E-state index contributed by atoms with van der Waals surface area (Å²) in [5.41, 5.74) is 2.02. The Balaban J connectivity index is 1.90. The molecule has 1 aromatic heterocycles. The normalized spacial score (nSPS) is 11.5. The fourth-order valence-corrected chi connectivity index (χ4v) is 2.20. The van der Waals surface area contributed by atoms with Crippen molar-refractivity contribution in [1.82, 2.24) is 9.88 Å². The van der Waals surface area contributed by atoms with Crippen LogP contribution < -0.4 is 16.0 Å². The summed E-state index contributed by atoms with van der Waals surface area (Å²) in [5, 5.41) is 7.89. The number of nitrogens with one attached hydrogen (secondary N) is 3. The average Bonchev–Trinajstić information content (AvgIpc) is 3.03. The summed E-state index contributed by atoms with van der Waals surface area (Å²) in [5.74, 6) is -1.54. The van der Waals surface area contributed by atoms with Crippen molar-refractivity contribution in [3.05, 3.63) is 48.3 Å². The second-order valence-electron chi connectivity index (χ2n) is 5.74. The number of hydrogen-bond acceptors (Lipinski definition) is 3. The van der Waals surface area contributed by atoms with Gasteiger partial charge in [-0.2, -0.15) is 0 Å². The fraction of sp³-hybridized carbons (Fsp3) is 0.278. The summed E-state index contributed by atoms with van der Waals surface area (Å²) in [7, 11) is 1.89. The van der Waals surface area contributed by atoms with Gasteiger partial charge < -0.3 is 20.5 Å². The third-order valence-corrected chi connectivity index (χ3v) is 3.66. The van der Waals surface area contributed by atoms with Gasteiger partial charge in [0.1, 0.15) is 0 Å². The van der Waals surface area contributed by atoms with Gasteiger partial charge in [-0.1, -0.05) is 6.92 Å². The molecule has 1 heterocycles. The smallest absolute Gasteiger partial charge is 0.313 e. The Labute approximate surface area is 146 Å². The van der Waals surface area contributed by atoms with Crippen molar-refractivity contribution in [2.45, 2.75) is 26.3 Å². The lowest BCUT2D eigenvalue weighted by Gasteiger charge is -2.12. The fourth-order valence-electron chi connectivity index (χ4n) is 2.20. The minimum absolute atomic E-state index is 0.0916. The molecule has 0 aliphatic rings. The van der Waals surface area contributed by atoms with Crippen LogP contribution in [-0.2, 0) is 21.4 Å². The highest BCUT2D eigenvalue weighted by Crippen LogP contribution is 2.14. The molecule has 0 aliphatic carbocycles. The molecule has 0 spiro atoms. The van der Waals surface area contributed by atoms with Crippen LogP contribution in [0.3, 0.4) is 0 Å². The maximum Gasteiger partial charge on any atom is 0.313 e. The van der Waals surface area contributed by atoms with E-state index in [4.69, 9.17) is 0 Å². The molecule has 3 N–H and O–H groups in total. The van der Waals surface area contributed by atoms with Crippen LogP contribution in [0, 0.1) is 0 Å². The van der Waals surface area contributed by atoms with Gasteiger partial charge >= 0.3 is 11.8 Å². The standard InChI is InChI=1S/C18H22N4O3/c1-4-16(23)20-14-5-7-15(8-6-14)21-18(25)17(24)19-12(2)13-9-10-22(3)11-13/h5-12H,4H2,1-3H3,(H,19,24)(H,20,23)(H,21,25).